The summed E-state index contributed by atoms with van der Waals surface area (Å²) >= 11 is 0. The quantitative estimate of drug-likeness (QED) is 0.509. The van der Waals surface area contributed by atoms with E-state index < -0.39 is 11.7 Å². The molecule has 4 nitrogen and oxygen atoms in total. The van der Waals surface area contributed by atoms with E-state index in [0.717, 1.165) is 23.3 Å². The van der Waals surface area contributed by atoms with Crippen molar-refractivity contribution >= 4 is 16.9 Å². The number of nitrogens with zero attached hydrogens (tertiary/aromatic N) is 2. The Balaban J connectivity index is 1.97. The predicted octanol–water partition coefficient (Wildman–Crippen LogP) is 5.47. The van der Waals surface area contributed by atoms with Crippen molar-refractivity contribution in [2.24, 2.45) is 0 Å². The Hall–Kier alpha value is -3.35. The van der Waals surface area contributed by atoms with Gasteiger partial charge in [0.25, 0.3) is 0 Å². The summed E-state index contributed by atoms with van der Waals surface area (Å²) in [6.07, 6.45) is -3.12. The van der Waals surface area contributed by atoms with Gasteiger partial charge in [-0.25, -0.2) is 9.97 Å². The molecule has 0 aliphatic heterocycles. The molecule has 0 aliphatic rings. The lowest BCUT2D eigenvalue weighted by atomic mass is 9.98. The SMILES string of the molecule is Cc1ccc(-c2oc3ncnc(N)c3c2-c2ccc(C(F)(F)F)cc2)cc1. The standard InChI is InChI=1S/C20H14F3N3O/c1-11-2-4-13(5-3-11)17-15(16-18(24)25-10-26-19(16)27-17)12-6-8-14(9-7-12)20(21,22)23/h2-10H,1H3,(H2,24,25,26). The first kappa shape index (κ1) is 17.1. The van der Waals surface area contributed by atoms with Crippen LogP contribution in [0.25, 0.3) is 33.6 Å². The van der Waals surface area contributed by atoms with Crippen molar-refractivity contribution in [3.05, 3.63) is 66.0 Å². The van der Waals surface area contributed by atoms with Crippen molar-refractivity contribution in [2.75, 3.05) is 5.73 Å². The minimum absolute atomic E-state index is 0.206. The largest absolute Gasteiger partial charge is 0.437 e. The molecule has 136 valence electrons. The van der Waals surface area contributed by atoms with Gasteiger partial charge >= 0.3 is 6.18 Å². The van der Waals surface area contributed by atoms with Crippen LogP contribution in [0.4, 0.5) is 19.0 Å². The maximum absolute atomic E-state index is 12.9. The molecule has 0 amide bonds. The zero-order valence-electron chi connectivity index (χ0n) is 14.2. The molecule has 2 N–H and O–H groups in total. The fraction of sp³-hybridized carbons (Fsp3) is 0.100. The second-order valence-corrected chi connectivity index (χ2v) is 6.19. The number of nitrogens with two attached hydrogens (primary N) is 1. The van der Waals surface area contributed by atoms with Crippen molar-refractivity contribution in [1.82, 2.24) is 9.97 Å². The number of hydrogen-bond acceptors (Lipinski definition) is 4. The number of furan rings is 1. The molecule has 0 fully saturated rings. The molecule has 0 aliphatic carbocycles. The minimum Gasteiger partial charge on any atom is -0.437 e. The molecule has 0 atom stereocenters. The summed E-state index contributed by atoms with van der Waals surface area (Å²) < 4.78 is 44.6. The molecule has 4 aromatic rings. The number of hydrogen-bond donors (Lipinski definition) is 1. The number of nitrogen functional groups attached to an aromatic ring is 1. The first-order valence-electron chi connectivity index (χ1n) is 8.12. The summed E-state index contributed by atoms with van der Waals surface area (Å²) in [5.74, 6) is 0.689. The molecule has 0 saturated heterocycles. The Morgan fingerprint density at radius 2 is 1.52 bits per heavy atom. The maximum Gasteiger partial charge on any atom is 0.416 e. The highest BCUT2D eigenvalue weighted by Gasteiger charge is 2.30. The van der Waals surface area contributed by atoms with Gasteiger partial charge in [0.05, 0.1) is 10.9 Å². The van der Waals surface area contributed by atoms with Crippen molar-refractivity contribution in [2.45, 2.75) is 13.1 Å². The summed E-state index contributed by atoms with van der Waals surface area (Å²) in [6, 6.07) is 12.5. The van der Waals surface area contributed by atoms with Crippen LogP contribution in [0.2, 0.25) is 0 Å². The molecule has 0 saturated carbocycles. The molecular formula is C20H14F3N3O. The number of aryl methyl sites for hydroxylation is 1. The van der Waals surface area contributed by atoms with Gasteiger partial charge in [0.1, 0.15) is 17.9 Å². The molecule has 0 radical (unpaired) electrons. The van der Waals surface area contributed by atoms with Gasteiger partial charge in [-0.15, -0.1) is 0 Å². The molecule has 0 spiro atoms. The van der Waals surface area contributed by atoms with E-state index in [1.807, 2.05) is 31.2 Å². The van der Waals surface area contributed by atoms with Crippen LogP contribution in [-0.4, -0.2) is 9.97 Å². The molecule has 4 rings (SSSR count). The van der Waals surface area contributed by atoms with Gasteiger partial charge in [-0.05, 0) is 24.6 Å². The number of anilines is 1. The minimum atomic E-state index is -4.40. The summed E-state index contributed by atoms with van der Waals surface area (Å²) in [6.45, 7) is 1.96. The number of benzene rings is 2. The normalized spacial score (nSPS) is 11.9. The molecule has 0 bridgehead atoms. The van der Waals surface area contributed by atoms with Gasteiger partial charge in [0.2, 0.25) is 5.71 Å². The molecule has 7 heteroatoms. The lowest BCUT2D eigenvalue weighted by molar-refractivity contribution is -0.137. The monoisotopic (exact) mass is 369 g/mol. The molecule has 2 heterocycles. The van der Waals surface area contributed by atoms with Gasteiger partial charge < -0.3 is 10.2 Å². The Morgan fingerprint density at radius 1 is 0.889 bits per heavy atom. The smallest absolute Gasteiger partial charge is 0.416 e. The number of halogens is 3. The van der Waals surface area contributed by atoms with Crippen LogP contribution >= 0.6 is 0 Å². The second kappa shape index (κ2) is 6.12. The van der Waals surface area contributed by atoms with E-state index in [-0.39, 0.29) is 11.5 Å². The van der Waals surface area contributed by atoms with Crippen LogP contribution in [0.5, 0.6) is 0 Å². The van der Waals surface area contributed by atoms with E-state index in [1.165, 1.54) is 18.5 Å². The highest BCUT2D eigenvalue weighted by atomic mass is 19.4. The van der Waals surface area contributed by atoms with E-state index in [0.29, 0.717) is 22.3 Å². The van der Waals surface area contributed by atoms with Crippen molar-refractivity contribution in [3.8, 4) is 22.5 Å². The number of aromatic nitrogens is 2. The zero-order chi connectivity index (χ0) is 19.2. The van der Waals surface area contributed by atoms with Crippen LogP contribution in [0.3, 0.4) is 0 Å². The molecule has 27 heavy (non-hydrogen) atoms. The maximum atomic E-state index is 12.9. The topological polar surface area (TPSA) is 64.9 Å². The van der Waals surface area contributed by atoms with Crippen LogP contribution in [-0.2, 0) is 6.18 Å². The van der Waals surface area contributed by atoms with Gasteiger partial charge in [0, 0.05) is 11.1 Å². The lowest BCUT2D eigenvalue weighted by Gasteiger charge is -2.09. The second-order valence-electron chi connectivity index (χ2n) is 6.19. The van der Waals surface area contributed by atoms with Crippen LogP contribution in [0.1, 0.15) is 11.1 Å². The average molecular weight is 369 g/mol. The number of fused-ring (bicyclic) bond motifs is 1. The number of alkyl halides is 3. The van der Waals surface area contributed by atoms with E-state index in [2.05, 4.69) is 9.97 Å². The Bertz CT molecular complexity index is 1110. The summed E-state index contributed by atoms with van der Waals surface area (Å²) in [4.78, 5) is 8.11. The Labute approximate surface area is 152 Å². The average Bonchev–Trinajstić information content (AvgIpc) is 3.02. The van der Waals surface area contributed by atoms with E-state index in [9.17, 15) is 13.2 Å². The van der Waals surface area contributed by atoms with Crippen molar-refractivity contribution in [1.29, 1.82) is 0 Å². The third-order valence-electron chi connectivity index (χ3n) is 4.33. The van der Waals surface area contributed by atoms with Gasteiger partial charge in [0.15, 0.2) is 0 Å². The third-order valence-corrected chi connectivity index (χ3v) is 4.33. The summed E-state index contributed by atoms with van der Waals surface area (Å²) in [5.41, 5.74) is 8.54. The number of rotatable bonds is 2. The van der Waals surface area contributed by atoms with E-state index >= 15 is 0 Å². The molecule has 2 aromatic carbocycles. The fourth-order valence-corrected chi connectivity index (χ4v) is 2.97. The van der Waals surface area contributed by atoms with Crippen molar-refractivity contribution in [3.63, 3.8) is 0 Å². The fourth-order valence-electron chi connectivity index (χ4n) is 2.97. The van der Waals surface area contributed by atoms with Crippen LogP contribution < -0.4 is 5.73 Å². The molecule has 2 aromatic heterocycles. The lowest BCUT2D eigenvalue weighted by Crippen LogP contribution is -2.04. The molecular weight excluding hydrogens is 355 g/mol. The first-order valence-corrected chi connectivity index (χ1v) is 8.12. The molecule has 0 unspecified atom stereocenters. The van der Waals surface area contributed by atoms with E-state index in [4.69, 9.17) is 10.2 Å². The van der Waals surface area contributed by atoms with Gasteiger partial charge in [-0.3, -0.25) is 0 Å². The predicted molar refractivity (Wildman–Crippen MR) is 96.8 cm³/mol. The third kappa shape index (κ3) is 3.01. The van der Waals surface area contributed by atoms with E-state index in [1.54, 1.807) is 0 Å². The van der Waals surface area contributed by atoms with Crippen LogP contribution in [0.15, 0.2) is 59.3 Å². The summed E-state index contributed by atoms with van der Waals surface area (Å²) in [7, 11) is 0. The highest BCUT2D eigenvalue weighted by molar-refractivity contribution is 6.05. The van der Waals surface area contributed by atoms with Gasteiger partial charge in [-0.1, -0.05) is 42.0 Å². The first-order chi connectivity index (χ1) is 12.8. The Morgan fingerprint density at radius 3 is 2.15 bits per heavy atom. The van der Waals surface area contributed by atoms with Crippen LogP contribution in [0, 0.1) is 6.92 Å². The van der Waals surface area contributed by atoms with Gasteiger partial charge in [-0.2, -0.15) is 13.2 Å². The highest BCUT2D eigenvalue weighted by Crippen LogP contribution is 2.42. The van der Waals surface area contributed by atoms with Crippen molar-refractivity contribution < 1.29 is 17.6 Å². The Kier molecular flexibility index (Phi) is 3.87. The zero-order valence-corrected chi connectivity index (χ0v) is 14.2. The summed E-state index contributed by atoms with van der Waals surface area (Å²) in [5, 5.41) is 0.479.